The number of nitrogens with zero attached hydrogens (tertiary/aromatic N) is 1. The molecule has 4 nitrogen and oxygen atoms in total. The van der Waals surface area contributed by atoms with Gasteiger partial charge in [0, 0.05) is 5.56 Å². The molecule has 0 spiro atoms. The summed E-state index contributed by atoms with van der Waals surface area (Å²) in [4.78, 5) is 0. The number of unbranched alkanes of at least 4 members (excludes halogenated alkanes) is 2. The molecule has 0 saturated heterocycles. The highest BCUT2D eigenvalue weighted by atomic mass is 79.9. The topological polar surface area (TPSA) is 27.7 Å². The Bertz CT molecular complexity index is 1170. The van der Waals surface area contributed by atoms with Crippen molar-refractivity contribution < 1.29 is 18.7 Å². The second kappa shape index (κ2) is 18.8. The molecule has 0 aliphatic carbocycles. The van der Waals surface area contributed by atoms with Gasteiger partial charge in [0.2, 0.25) is 0 Å². The minimum atomic E-state index is 0.199. The molecule has 0 heterocycles. The van der Waals surface area contributed by atoms with Crippen LogP contribution < -0.4 is 9.47 Å². The quantitative estimate of drug-likeness (QED) is 0.0806. The highest BCUT2D eigenvalue weighted by Gasteiger charge is 2.20. The lowest BCUT2D eigenvalue weighted by Gasteiger charge is -2.29. The fraction of sp³-hybridized carbons (Fsp3) is 0.486. The number of rotatable bonds is 17. The molecule has 7 heteroatoms. The Morgan fingerprint density at radius 2 is 1.36 bits per heavy atom. The average Bonchev–Trinajstić information content (AvgIpc) is 2.97. The first-order chi connectivity index (χ1) is 20.1. The minimum Gasteiger partial charge on any atom is -0.491 e. The van der Waals surface area contributed by atoms with Gasteiger partial charge in [0.15, 0.2) is 0 Å². The standard InChI is InChI=1S/C34H46Cl2NO3.CH3Br/c1-6-7-8-19-34(2,3)29-12-16-30(17-13-29)39-23-22-38-21-20-37(4,5)25-27-9-14-31(15-10-27)40-26-28-11-18-32(35)33(36)24-28;1-2/h9-18,24H,6-8,19-23,25-26H2,1-5H3;1H3/q+1;. The number of halogens is 3. The summed E-state index contributed by atoms with van der Waals surface area (Å²) in [6.07, 6.45) is 5.05. The Morgan fingerprint density at radius 1 is 0.738 bits per heavy atom. The third-order valence-corrected chi connectivity index (χ3v) is 8.04. The van der Waals surface area contributed by atoms with Crippen LogP contribution in [-0.4, -0.2) is 50.8 Å². The maximum absolute atomic E-state index is 6.09. The van der Waals surface area contributed by atoms with Crippen molar-refractivity contribution in [1.29, 1.82) is 0 Å². The normalized spacial score (nSPS) is 11.5. The molecule has 0 aliphatic heterocycles. The molecule has 0 unspecified atom stereocenters. The van der Waals surface area contributed by atoms with Gasteiger partial charge in [0.25, 0.3) is 0 Å². The second-order valence-electron chi connectivity index (χ2n) is 11.8. The van der Waals surface area contributed by atoms with Gasteiger partial charge >= 0.3 is 0 Å². The van der Waals surface area contributed by atoms with Crippen LogP contribution in [0.2, 0.25) is 10.0 Å². The van der Waals surface area contributed by atoms with E-state index in [0.29, 0.717) is 36.5 Å². The van der Waals surface area contributed by atoms with Crippen molar-refractivity contribution in [3.05, 3.63) is 93.5 Å². The molecule has 0 N–H and O–H groups in total. The molecule has 232 valence electrons. The van der Waals surface area contributed by atoms with Gasteiger partial charge in [0.1, 0.15) is 37.8 Å². The van der Waals surface area contributed by atoms with Gasteiger partial charge in [0.05, 0.1) is 37.4 Å². The molecule has 0 aliphatic rings. The zero-order valence-corrected chi connectivity index (χ0v) is 29.3. The Morgan fingerprint density at radius 3 is 2.00 bits per heavy atom. The second-order valence-corrected chi connectivity index (χ2v) is 12.6. The van der Waals surface area contributed by atoms with Crippen molar-refractivity contribution in [2.24, 2.45) is 0 Å². The zero-order valence-electron chi connectivity index (χ0n) is 26.2. The van der Waals surface area contributed by atoms with Gasteiger partial charge in [-0.25, -0.2) is 0 Å². The Balaban J connectivity index is 0.00000301. The fourth-order valence-corrected chi connectivity index (χ4v) is 4.98. The number of quaternary nitrogens is 1. The lowest BCUT2D eigenvalue weighted by molar-refractivity contribution is -0.904. The summed E-state index contributed by atoms with van der Waals surface area (Å²) in [7, 11) is 4.44. The van der Waals surface area contributed by atoms with Crippen LogP contribution in [0.15, 0.2) is 66.7 Å². The summed E-state index contributed by atoms with van der Waals surface area (Å²) in [5, 5.41) is 1.09. The van der Waals surface area contributed by atoms with Crippen molar-refractivity contribution in [2.45, 2.75) is 65.0 Å². The van der Waals surface area contributed by atoms with Crippen LogP contribution in [0.5, 0.6) is 11.5 Å². The van der Waals surface area contributed by atoms with Crippen molar-refractivity contribution in [3.63, 3.8) is 0 Å². The predicted molar refractivity (Wildman–Crippen MR) is 183 cm³/mol. The Hall–Kier alpha value is -1.76. The maximum Gasteiger partial charge on any atom is 0.119 e. The Labute approximate surface area is 273 Å². The van der Waals surface area contributed by atoms with E-state index in [9.17, 15) is 0 Å². The number of hydrogen-bond acceptors (Lipinski definition) is 3. The lowest BCUT2D eigenvalue weighted by atomic mass is 9.80. The molecule has 0 fully saturated rings. The summed E-state index contributed by atoms with van der Waals surface area (Å²) in [6, 6.07) is 22.4. The van der Waals surface area contributed by atoms with Gasteiger partial charge in [-0.1, -0.05) is 97.4 Å². The molecule has 0 bridgehead atoms. The number of alkyl halides is 1. The molecule has 3 rings (SSSR count). The van der Waals surface area contributed by atoms with Crippen molar-refractivity contribution >= 4 is 39.1 Å². The largest absolute Gasteiger partial charge is 0.491 e. The number of hydrogen-bond donors (Lipinski definition) is 0. The smallest absolute Gasteiger partial charge is 0.119 e. The molecule has 0 amide bonds. The van der Waals surface area contributed by atoms with E-state index in [1.165, 1.54) is 36.8 Å². The molecule has 42 heavy (non-hydrogen) atoms. The maximum atomic E-state index is 6.09. The predicted octanol–water partition coefficient (Wildman–Crippen LogP) is 10.1. The Kier molecular flexibility index (Phi) is 16.3. The van der Waals surface area contributed by atoms with Gasteiger partial charge in [-0.3, -0.25) is 0 Å². The first-order valence-electron chi connectivity index (χ1n) is 14.7. The van der Waals surface area contributed by atoms with Crippen molar-refractivity contribution in [2.75, 3.05) is 46.3 Å². The number of ether oxygens (including phenoxy) is 3. The van der Waals surface area contributed by atoms with Crippen molar-refractivity contribution in [3.8, 4) is 11.5 Å². The molecule has 0 atom stereocenters. The molecule has 0 radical (unpaired) electrons. The minimum absolute atomic E-state index is 0.199. The van der Waals surface area contributed by atoms with E-state index in [1.54, 1.807) is 6.07 Å². The van der Waals surface area contributed by atoms with Gasteiger partial charge in [-0.15, -0.1) is 0 Å². The zero-order chi connectivity index (χ0) is 31.0. The molecular weight excluding hydrogens is 633 g/mol. The fourth-order valence-electron chi connectivity index (χ4n) is 4.66. The molecule has 0 aromatic heterocycles. The highest BCUT2D eigenvalue weighted by Crippen LogP contribution is 2.30. The van der Waals surface area contributed by atoms with E-state index < -0.39 is 0 Å². The van der Waals surface area contributed by atoms with Crippen molar-refractivity contribution in [1.82, 2.24) is 0 Å². The SMILES string of the molecule is CBr.CCCCCC(C)(C)c1ccc(OCCOCC[N+](C)(C)Cc2ccc(OCc3ccc(Cl)c(Cl)c3)cc2)cc1. The van der Waals surface area contributed by atoms with Crippen LogP contribution in [-0.2, 0) is 23.3 Å². The van der Waals surface area contributed by atoms with E-state index >= 15 is 0 Å². The van der Waals surface area contributed by atoms with E-state index in [4.69, 9.17) is 37.4 Å². The third-order valence-electron chi connectivity index (χ3n) is 7.30. The van der Waals surface area contributed by atoms with E-state index in [2.05, 4.69) is 87.2 Å². The molecule has 3 aromatic carbocycles. The number of likely N-dealkylation sites (N-methyl/N-ethyl adjacent to an activating group) is 1. The average molecular weight is 683 g/mol. The molecular formula is C35H49BrCl2NO3+. The van der Waals surface area contributed by atoms with E-state index in [-0.39, 0.29) is 5.41 Å². The van der Waals surface area contributed by atoms with Gasteiger partial charge in [-0.05, 0) is 77.3 Å². The third kappa shape index (κ3) is 13.3. The number of benzene rings is 3. The van der Waals surface area contributed by atoms with Gasteiger partial charge < -0.3 is 18.7 Å². The monoisotopic (exact) mass is 680 g/mol. The summed E-state index contributed by atoms with van der Waals surface area (Å²) in [5.41, 5.74) is 3.81. The summed E-state index contributed by atoms with van der Waals surface area (Å²) in [5.74, 6) is 3.54. The highest BCUT2D eigenvalue weighted by molar-refractivity contribution is 9.08. The van der Waals surface area contributed by atoms with Crippen LogP contribution in [0.1, 0.15) is 63.1 Å². The van der Waals surface area contributed by atoms with E-state index in [1.807, 2.05) is 30.1 Å². The van der Waals surface area contributed by atoms with E-state index in [0.717, 1.165) is 34.6 Å². The molecule has 0 saturated carbocycles. The van der Waals surface area contributed by atoms with Gasteiger partial charge in [-0.2, -0.15) is 0 Å². The first kappa shape index (κ1) is 36.4. The van der Waals surface area contributed by atoms with Crippen LogP contribution in [0.25, 0.3) is 0 Å². The first-order valence-corrected chi connectivity index (χ1v) is 17.1. The van der Waals surface area contributed by atoms with Crippen LogP contribution in [0.3, 0.4) is 0 Å². The summed E-state index contributed by atoms with van der Waals surface area (Å²) in [6.45, 7) is 11.0. The molecule has 3 aromatic rings. The summed E-state index contributed by atoms with van der Waals surface area (Å²) < 4.78 is 18.5. The summed E-state index contributed by atoms with van der Waals surface area (Å²) >= 11 is 15.0. The van der Waals surface area contributed by atoms with Crippen LogP contribution in [0.4, 0.5) is 0 Å². The lowest BCUT2D eigenvalue weighted by Crippen LogP contribution is -2.41. The van der Waals surface area contributed by atoms with Crippen LogP contribution in [0, 0.1) is 0 Å². The van der Waals surface area contributed by atoms with Crippen LogP contribution >= 0.6 is 39.1 Å².